The van der Waals surface area contributed by atoms with Crippen LogP contribution in [0.4, 0.5) is 0 Å². The molecule has 1 saturated carbocycles. The predicted octanol–water partition coefficient (Wildman–Crippen LogP) is 5.35. The molecule has 3 heteroatoms. The Morgan fingerprint density at radius 1 is 1.26 bits per heavy atom. The van der Waals surface area contributed by atoms with Crippen molar-refractivity contribution in [1.82, 2.24) is 0 Å². The van der Waals surface area contributed by atoms with Crippen LogP contribution in [0.2, 0.25) is 0 Å². The van der Waals surface area contributed by atoms with E-state index in [-0.39, 0.29) is 16.2 Å². The Kier molecular flexibility index (Phi) is 3.00. The summed E-state index contributed by atoms with van der Waals surface area (Å²) in [6.07, 6.45) is 0.989. The molecule has 1 atom stereocenters. The molecule has 1 nitrogen and oxygen atoms in total. The maximum Gasteiger partial charge on any atom is 0.127 e. The van der Waals surface area contributed by atoms with Crippen molar-refractivity contribution in [2.24, 2.45) is 16.7 Å². The van der Waals surface area contributed by atoms with E-state index in [1.54, 1.807) is 0 Å². The van der Waals surface area contributed by atoms with E-state index in [1.165, 1.54) is 5.56 Å². The van der Waals surface area contributed by atoms with Crippen LogP contribution in [0.1, 0.15) is 44.2 Å². The van der Waals surface area contributed by atoms with Gasteiger partial charge in [-0.2, -0.15) is 0 Å². The Balaban J connectivity index is 2.00. The van der Waals surface area contributed by atoms with Gasteiger partial charge in [0.25, 0.3) is 0 Å². The molecule has 19 heavy (non-hydrogen) atoms. The van der Waals surface area contributed by atoms with Crippen molar-refractivity contribution in [3.63, 3.8) is 0 Å². The van der Waals surface area contributed by atoms with Crippen molar-refractivity contribution < 1.29 is 4.74 Å². The van der Waals surface area contributed by atoms with Crippen LogP contribution in [0, 0.1) is 16.7 Å². The summed E-state index contributed by atoms with van der Waals surface area (Å²) in [5, 5.41) is 0.0225. The van der Waals surface area contributed by atoms with Gasteiger partial charge in [-0.05, 0) is 34.4 Å². The Morgan fingerprint density at radius 3 is 2.47 bits per heavy atom. The highest BCUT2D eigenvalue weighted by molar-refractivity contribution is 9.10. The first-order chi connectivity index (χ1) is 8.76. The number of halogens is 2. The van der Waals surface area contributed by atoms with Crippen molar-refractivity contribution in [1.29, 1.82) is 0 Å². The minimum atomic E-state index is 0.0225. The van der Waals surface area contributed by atoms with E-state index in [1.807, 2.05) is 0 Å². The van der Waals surface area contributed by atoms with Gasteiger partial charge in [-0.25, -0.2) is 0 Å². The second-order valence-corrected chi connectivity index (χ2v) is 8.29. The molecular weight excluding hydrogens is 324 g/mol. The number of fused-ring (bicyclic) bond motifs is 1. The van der Waals surface area contributed by atoms with Crippen LogP contribution in [-0.4, -0.2) is 6.61 Å². The summed E-state index contributed by atoms with van der Waals surface area (Å²) < 4.78 is 6.92. The third-order valence-corrected chi connectivity index (χ3v) is 6.44. The zero-order valence-electron chi connectivity index (χ0n) is 11.9. The van der Waals surface area contributed by atoms with Crippen molar-refractivity contribution in [3.8, 4) is 5.75 Å². The molecule has 1 heterocycles. The molecule has 0 saturated heterocycles. The molecule has 1 aromatic carbocycles. The fourth-order valence-electron chi connectivity index (χ4n) is 3.66. The van der Waals surface area contributed by atoms with Gasteiger partial charge in [-0.1, -0.05) is 43.6 Å². The summed E-state index contributed by atoms with van der Waals surface area (Å²) in [6.45, 7) is 10.0. The molecule has 0 bridgehead atoms. The molecule has 2 aliphatic rings. The second-order valence-electron chi connectivity index (χ2n) is 6.90. The van der Waals surface area contributed by atoms with E-state index in [9.17, 15) is 0 Å². The zero-order valence-corrected chi connectivity index (χ0v) is 14.2. The lowest BCUT2D eigenvalue weighted by atomic mass is 9.99. The standard InChI is InChI=1S/C16H20BrClO/c1-15(2)14(16(15,3)4)12(18)11-8-10(17)7-9-5-6-19-13(9)11/h7-8,12,14H,5-6H2,1-4H3. The smallest absolute Gasteiger partial charge is 0.127 e. The topological polar surface area (TPSA) is 9.23 Å². The van der Waals surface area contributed by atoms with Crippen molar-refractivity contribution >= 4 is 27.5 Å². The summed E-state index contributed by atoms with van der Waals surface area (Å²) in [4.78, 5) is 0. The lowest BCUT2D eigenvalue weighted by Gasteiger charge is -2.16. The van der Waals surface area contributed by atoms with Crippen molar-refractivity contribution in [2.45, 2.75) is 39.5 Å². The predicted molar refractivity (Wildman–Crippen MR) is 83.0 cm³/mol. The van der Waals surface area contributed by atoms with Crippen molar-refractivity contribution in [3.05, 3.63) is 27.7 Å². The van der Waals surface area contributed by atoms with E-state index >= 15 is 0 Å². The van der Waals surface area contributed by atoms with Crippen LogP contribution < -0.4 is 4.74 Å². The molecule has 1 aliphatic heterocycles. The fourth-order valence-corrected chi connectivity index (χ4v) is 4.98. The van der Waals surface area contributed by atoms with Crippen LogP contribution in [-0.2, 0) is 6.42 Å². The highest BCUT2D eigenvalue weighted by Crippen LogP contribution is 2.74. The largest absolute Gasteiger partial charge is 0.493 e. The number of ether oxygens (including phenoxy) is 1. The first kappa shape index (κ1) is 13.8. The van der Waals surface area contributed by atoms with Gasteiger partial charge in [0.2, 0.25) is 0 Å². The summed E-state index contributed by atoms with van der Waals surface area (Å²) >= 11 is 10.4. The maximum absolute atomic E-state index is 6.83. The van der Waals surface area contributed by atoms with Crippen LogP contribution in [0.25, 0.3) is 0 Å². The van der Waals surface area contributed by atoms with Crippen LogP contribution in [0.3, 0.4) is 0 Å². The van der Waals surface area contributed by atoms with Gasteiger partial charge in [-0.3, -0.25) is 0 Å². The van der Waals surface area contributed by atoms with E-state index in [0.29, 0.717) is 5.92 Å². The quantitative estimate of drug-likeness (QED) is 0.658. The molecule has 1 unspecified atom stereocenters. The molecule has 1 fully saturated rings. The summed E-state index contributed by atoms with van der Waals surface area (Å²) in [5.41, 5.74) is 3.01. The summed E-state index contributed by atoms with van der Waals surface area (Å²) in [7, 11) is 0. The minimum Gasteiger partial charge on any atom is -0.493 e. The zero-order chi connectivity index (χ0) is 14.0. The van der Waals surface area contributed by atoms with Gasteiger partial charge >= 0.3 is 0 Å². The molecule has 0 aromatic heterocycles. The molecule has 0 radical (unpaired) electrons. The van der Waals surface area contributed by atoms with Crippen molar-refractivity contribution in [2.75, 3.05) is 6.61 Å². The average Bonchev–Trinajstić information content (AvgIpc) is 2.68. The van der Waals surface area contributed by atoms with E-state index in [4.69, 9.17) is 16.3 Å². The lowest BCUT2D eigenvalue weighted by Crippen LogP contribution is -2.02. The van der Waals surface area contributed by atoms with Crippen LogP contribution in [0.5, 0.6) is 5.75 Å². The third kappa shape index (κ3) is 1.86. The Morgan fingerprint density at radius 2 is 1.89 bits per heavy atom. The molecule has 0 spiro atoms. The molecule has 0 amide bonds. The second kappa shape index (κ2) is 4.14. The molecular formula is C16H20BrClO. The minimum absolute atomic E-state index is 0.0225. The third-order valence-electron chi connectivity index (χ3n) is 5.50. The van der Waals surface area contributed by atoms with Gasteiger partial charge < -0.3 is 4.74 Å². The molecule has 104 valence electrons. The lowest BCUT2D eigenvalue weighted by molar-refractivity contribution is 0.351. The SMILES string of the molecule is CC1(C)C(C(Cl)c2cc(Br)cc3c2OCC3)C1(C)C. The first-order valence-corrected chi connectivity index (χ1v) is 8.09. The van der Waals surface area contributed by atoms with Gasteiger partial charge in [0.1, 0.15) is 5.75 Å². The Labute approximate surface area is 128 Å². The average molecular weight is 344 g/mol. The number of hydrogen-bond donors (Lipinski definition) is 0. The van der Waals surface area contributed by atoms with E-state index in [0.717, 1.165) is 28.8 Å². The van der Waals surface area contributed by atoms with Crippen LogP contribution >= 0.6 is 27.5 Å². The van der Waals surface area contributed by atoms with Gasteiger partial charge in [0.15, 0.2) is 0 Å². The monoisotopic (exact) mass is 342 g/mol. The van der Waals surface area contributed by atoms with Gasteiger partial charge in [0, 0.05) is 16.5 Å². The summed E-state index contributed by atoms with van der Waals surface area (Å²) in [5.74, 6) is 1.52. The highest BCUT2D eigenvalue weighted by Gasteiger charge is 2.67. The fraction of sp³-hybridized carbons (Fsp3) is 0.625. The number of rotatable bonds is 2. The first-order valence-electron chi connectivity index (χ1n) is 6.86. The number of hydrogen-bond acceptors (Lipinski definition) is 1. The van der Waals surface area contributed by atoms with Gasteiger partial charge in [0.05, 0.1) is 12.0 Å². The number of alkyl halides is 1. The maximum atomic E-state index is 6.83. The van der Waals surface area contributed by atoms with E-state index < -0.39 is 0 Å². The molecule has 1 aromatic rings. The Hall–Kier alpha value is -0.210. The number of benzene rings is 1. The van der Waals surface area contributed by atoms with E-state index in [2.05, 4.69) is 55.8 Å². The summed E-state index contributed by atoms with van der Waals surface area (Å²) in [6, 6.07) is 4.28. The Bertz CT molecular complexity index is 522. The molecule has 0 N–H and O–H groups in total. The normalized spacial score (nSPS) is 24.7. The highest BCUT2D eigenvalue weighted by atomic mass is 79.9. The molecule has 3 rings (SSSR count). The van der Waals surface area contributed by atoms with Gasteiger partial charge in [-0.15, -0.1) is 11.6 Å². The van der Waals surface area contributed by atoms with Crippen LogP contribution in [0.15, 0.2) is 16.6 Å². The molecule has 1 aliphatic carbocycles.